The summed E-state index contributed by atoms with van der Waals surface area (Å²) in [5, 5.41) is 3.41. The van der Waals surface area contributed by atoms with Crippen LogP contribution in [0.2, 0.25) is 5.02 Å². The minimum atomic E-state index is -0.938. The van der Waals surface area contributed by atoms with Crippen LogP contribution in [0.15, 0.2) is 36.4 Å². The van der Waals surface area contributed by atoms with Gasteiger partial charge < -0.3 is 14.8 Å². The summed E-state index contributed by atoms with van der Waals surface area (Å²) in [4.78, 5) is 24.4. The lowest BCUT2D eigenvalue weighted by Gasteiger charge is -2.17. The summed E-state index contributed by atoms with van der Waals surface area (Å²) in [5.74, 6) is -0.239. The van der Waals surface area contributed by atoms with Gasteiger partial charge in [-0.05, 0) is 61.6 Å². The SMILES string of the molecule is Cc1cc(OCC(=O)OC(C)C(=O)Nc2ccccc2C)c(C(C)C)cc1Cl. The predicted octanol–water partition coefficient (Wildman–Crippen LogP) is 5.03. The molecule has 5 nitrogen and oxygen atoms in total. The Hall–Kier alpha value is -2.53. The third kappa shape index (κ3) is 5.73. The highest BCUT2D eigenvalue weighted by atomic mass is 35.5. The van der Waals surface area contributed by atoms with Crippen LogP contribution in [0.25, 0.3) is 0 Å². The first-order valence-electron chi connectivity index (χ1n) is 9.17. The van der Waals surface area contributed by atoms with Crippen molar-refractivity contribution in [3.05, 3.63) is 58.1 Å². The number of hydrogen-bond acceptors (Lipinski definition) is 4. The molecule has 0 aliphatic carbocycles. The summed E-state index contributed by atoms with van der Waals surface area (Å²) in [5.41, 5.74) is 3.39. The number of anilines is 1. The zero-order valence-electron chi connectivity index (χ0n) is 16.8. The van der Waals surface area contributed by atoms with Crippen molar-refractivity contribution in [3.8, 4) is 5.75 Å². The number of rotatable bonds is 7. The normalized spacial score (nSPS) is 11.8. The number of aryl methyl sites for hydroxylation is 2. The fraction of sp³-hybridized carbons (Fsp3) is 0.364. The van der Waals surface area contributed by atoms with Crippen LogP contribution in [-0.4, -0.2) is 24.6 Å². The Balaban J connectivity index is 1.94. The summed E-state index contributed by atoms with van der Waals surface area (Å²) in [7, 11) is 0. The van der Waals surface area contributed by atoms with Crippen molar-refractivity contribution in [2.75, 3.05) is 11.9 Å². The van der Waals surface area contributed by atoms with E-state index in [0.29, 0.717) is 16.5 Å². The minimum Gasteiger partial charge on any atom is -0.482 e. The molecule has 2 aromatic carbocycles. The topological polar surface area (TPSA) is 64.6 Å². The molecule has 0 aliphatic rings. The number of nitrogens with one attached hydrogen (secondary N) is 1. The Morgan fingerprint density at radius 1 is 1.07 bits per heavy atom. The number of amides is 1. The molecule has 0 aromatic heterocycles. The second-order valence-electron chi connectivity index (χ2n) is 7.02. The van der Waals surface area contributed by atoms with E-state index in [9.17, 15) is 9.59 Å². The Morgan fingerprint density at radius 3 is 2.39 bits per heavy atom. The van der Waals surface area contributed by atoms with Crippen molar-refractivity contribution in [2.45, 2.75) is 46.6 Å². The quantitative estimate of drug-likeness (QED) is 0.658. The van der Waals surface area contributed by atoms with Gasteiger partial charge in [-0.2, -0.15) is 0 Å². The number of carbonyl (C=O) groups is 2. The predicted molar refractivity (Wildman–Crippen MR) is 111 cm³/mol. The van der Waals surface area contributed by atoms with Gasteiger partial charge in [0.15, 0.2) is 12.7 Å². The number of halogens is 1. The van der Waals surface area contributed by atoms with Crippen LogP contribution in [0.1, 0.15) is 43.4 Å². The minimum absolute atomic E-state index is 0.183. The van der Waals surface area contributed by atoms with Gasteiger partial charge >= 0.3 is 5.97 Å². The molecule has 0 fully saturated rings. The molecule has 6 heteroatoms. The zero-order valence-corrected chi connectivity index (χ0v) is 17.6. The van der Waals surface area contributed by atoms with Crippen LogP contribution in [0.5, 0.6) is 5.75 Å². The van der Waals surface area contributed by atoms with E-state index in [0.717, 1.165) is 16.7 Å². The van der Waals surface area contributed by atoms with Crippen LogP contribution >= 0.6 is 11.6 Å². The molecule has 2 aromatic rings. The molecule has 0 heterocycles. The van der Waals surface area contributed by atoms with Gasteiger partial charge in [0.2, 0.25) is 0 Å². The van der Waals surface area contributed by atoms with E-state index in [-0.39, 0.29) is 12.5 Å². The Labute approximate surface area is 171 Å². The molecule has 2 rings (SSSR count). The van der Waals surface area contributed by atoms with Gasteiger partial charge in [-0.1, -0.05) is 43.6 Å². The summed E-state index contributed by atoms with van der Waals surface area (Å²) < 4.78 is 10.8. The number of carbonyl (C=O) groups excluding carboxylic acids is 2. The molecule has 0 saturated heterocycles. The van der Waals surface area contributed by atoms with Crippen molar-refractivity contribution < 1.29 is 19.1 Å². The largest absolute Gasteiger partial charge is 0.482 e. The van der Waals surface area contributed by atoms with Crippen molar-refractivity contribution in [1.82, 2.24) is 0 Å². The molecule has 28 heavy (non-hydrogen) atoms. The van der Waals surface area contributed by atoms with E-state index in [1.165, 1.54) is 6.92 Å². The zero-order chi connectivity index (χ0) is 20.8. The van der Waals surface area contributed by atoms with E-state index in [1.54, 1.807) is 12.1 Å². The molecule has 1 N–H and O–H groups in total. The molecule has 1 atom stereocenters. The van der Waals surface area contributed by atoms with Crippen LogP contribution in [0.3, 0.4) is 0 Å². The Morgan fingerprint density at radius 2 is 1.75 bits per heavy atom. The molecule has 1 amide bonds. The van der Waals surface area contributed by atoms with Crippen molar-refractivity contribution in [2.24, 2.45) is 0 Å². The fourth-order valence-corrected chi connectivity index (χ4v) is 2.79. The van der Waals surface area contributed by atoms with Gasteiger partial charge in [-0.25, -0.2) is 4.79 Å². The number of ether oxygens (including phenoxy) is 2. The van der Waals surface area contributed by atoms with Gasteiger partial charge in [0, 0.05) is 10.7 Å². The van der Waals surface area contributed by atoms with Crippen LogP contribution in [-0.2, 0) is 14.3 Å². The summed E-state index contributed by atoms with van der Waals surface area (Å²) in [6, 6.07) is 11.0. The molecule has 0 spiro atoms. The smallest absolute Gasteiger partial charge is 0.344 e. The maximum Gasteiger partial charge on any atom is 0.344 e. The summed E-state index contributed by atoms with van der Waals surface area (Å²) in [6.45, 7) is 9.03. The molecule has 0 bridgehead atoms. The number of hydrogen-bond donors (Lipinski definition) is 1. The molecular formula is C22H26ClNO4. The standard InChI is InChI=1S/C22H26ClNO4/c1-13(2)17-11-18(23)15(4)10-20(17)27-12-21(25)28-16(5)22(26)24-19-9-7-6-8-14(19)3/h6-11,13,16H,12H2,1-5H3,(H,24,26). The monoisotopic (exact) mass is 403 g/mol. The third-order valence-electron chi connectivity index (χ3n) is 4.34. The van der Waals surface area contributed by atoms with Crippen molar-refractivity contribution in [1.29, 1.82) is 0 Å². The van der Waals surface area contributed by atoms with Crippen molar-refractivity contribution >= 4 is 29.2 Å². The number of benzene rings is 2. The molecule has 0 saturated carbocycles. The van der Waals surface area contributed by atoms with Gasteiger partial charge in [0.05, 0.1) is 0 Å². The second kappa shape index (κ2) is 9.60. The average molecular weight is 404 g/mol. The van der Waals surface area contributed by atoms with Gasteiger partial charge in [0.25, 0.3) is 5.91 Å². The molecule has 1 unspecified atom stereocenters. The van der Waals surface area contributed by atoms with Gasteiger partial charge in [-0.15, -0.1) is 0 Å². The fourth-order valence-electron chi connectivity index (χ4n) is 2.62. The molecule has 0 radical (unpaired) electrons. The lowest BCUT2D eigenvalue weighted by atomic mass is 10.0. The first-order chi connectivity index (χ1) is 13.2. The highest BCUT2D eigenvalue weighted by Gasteiger charge is 2.20. The van der Waals surface area contributed by atoms with Gasteiger partial charge in [0.1, 0.15) is 5.75 Å². The maximum absolute atomic E-state index is 12.3. The summed E-state index contributed by atoms with van der Waals surface area (Å²) in [6.07, 6.45) is -0.938. The van der Waals surface area contributed by atoms with Gasteiger partial charge in [-0.3, -0.25) is 4.79 Å². The lowest BCUT2D eigenvalue weighted by Crippen LogP contribution is -2.32. The molecular weight excluding hydrogens is 378 g/mol. The first kappa shape index (κ1) is 21.8. The van der Waals surface area contributed by atoms with Crippen LogP contribution < -0.4 is 10.1 Å². The molecule has 150 valence electrons. The van der Waals surface area contributed by atoms with E-state index in [1.807, 2.05) is 52.0 Å². The lowest BCUT2D eigenvalue weighted by molar-refractivity contribution is -0.155. The third-order valence-corrected chi connectivity index (χ3v) is 4.75. The average Bonchev–Trinajstić information content (AvgIpc) is 2.63. The van der Waals surface area contributed by atoms with E-state index < -0.39 is 18.0 Å². The van der Waals surface area contributed by atoms with Crippen LogP contribution in [0, 0.1) is 13.8 Å². The van der Waals surface area contributed by atoms with E-state index in [2.05, 4.69) is 5.32 Å². The van der Waals surface area contributed by atoms with Crippen molar-refractivity contribution in [3.63, 3.8) is 0 Å². The second-order valence-corrected chi connectivity index (χ2v) is 7.43. The van der Waals surface area contributed by atoms with E-state index >= 15 is 0 Å². The van der Waals surface area contributed by atoms with E-state index in [4.69, 9.17) is 21.1 Å². The highest BCUT2D eigenvalue weighted by Crippen LogP contribution is 2.32. The first-order valence-corrected chi connectivity index (χ1v) is 9.55. The number of para-hydroxylation sites is 1. The summed E-state index contributed by atoms with van der Waals surface area (Å²) >= 11 is 6.18. The van der Waals surface area contributed by atoms with Crippen LogP contribution in [0.4, 0.5) is 5.69 Å². The maximum atomic E-state index is 12.3. The molecule has 0 aliphatic heterocycles. The highest BCUT2D eigenvalue weighted by molar-refractivity contribution is 6.31. The Bertz CT molecular complexity index is 864. The Kier molecular flexibility index (Phi) is 7.46. The number of esters is 1.